The molecule has 0 heterocycles. The van der Waals surface area contributed by atoms with Gasteiger partial charge in [0.05, 0.1) is 4.92 Å². The first-order valence-corrected chi connectivity index (χ1v) is 5.37. The number of nitro groups is 1. The van der Waals surface area contributed by atoms with Crippen LogP contribution in [-0.2, 0) is 11.2 Å². The Balaban J connectivity index is 2.88. The van der Waals surface area contributed by atoms with Crippen LogP contribution in [0.3, 0.4) is 0 Å². The largest absolute Gasteiger partial charge is 0.300 e. The van der Waals surface area contributed by atoms with E-state index in [1.54, 1.807) is 13.0 Å². The third kappa shape index (κ3) is 3.31. The highest BCUT2D eigenvalue weighted by Gasteiger charge is 2.14. The van der Waals surface area contributed by atoms with Crippen molar-refractivity contribution in [3.63, 3.8) is 0 Å². The molecule has 0 saturated heterocycles. The van der Waals surface area contributed by atoms with Crippen molar-refractivity contribution >= 4 is 23.1 Å². The first-order valence-electron chi connectivity index (χ1n) is 4.99. The quantitative estimate of drug-likeness (QED) is 0.588. The summed E-state index contributed by atoms with van der Waals surface area (Å²) < 4.78 is 0. The number of carbonyl (C=O) groups is 1. The molecule has 0 radical (unpaired) electrons. The molecule has 0 atom stereocenters. The SMILES string of the molecule is CCC(=O)CCc1cc(Cl)ccc1[N+](=O)[O-]. The minimum Gasteiger partial charge on any atom is -0.300 e. The molecule has 0 aliphatic heterocycles. The molecule has 1 rings (SSSR count). The van der Waals surface area contributed by atoms with Gasteiger partial charge in [0.15, 0.2) is 0 Å². The predicted octanol–water partition coefficient (Wildman–Crippen LogP) is 3.16. The molecule has 0 spiro atoms. The smallest absolute Gasteiger partial charge is 0.272 e. The fourth-order valence-corrected chi connectivity index (χ4v) is 1.58. The summed E-state index contributed by atoms with van der Waals surface area (Å²) in [5.74, 6) is 0.0919. The average Bonchev–Trinajstić information content (AvgIpc) is 2.25. The zero-order valence-electron chi connectivity index (χ0n) is 8.90. The van der Waals surface area contributed by atoms with E-state index in [9.17, 15) is 14.9 Å². The maximum atomic E-state index is 11.1. The number of nitro benzene ring substituents is 1. The van der Waals surface area contributed by atoms with Gasteiger partial charge in [0.25, 0.3) is 5.69 Å². The highest BCUT2D eigenvalue weighted by Crippen LogP contribution is 2.24. The molecule has 0 aliphatic rings. The summed E-state index contributed by atoms with van der Waals surface area (Å²) in [7, 11) is 0. The van der Waals surface area contributed by atoms with Crippen LogP contribution < -0.4 is 0 Å². The summed E-state index contributed by atoms with van der Waals surface area (Å²) >= 11 is 5.76. The fourth-order valence-electron chi connectivity index (χ4n) is 1.38. The lowest BCUT2D eigenvalue weighted by Gasteiger charge is -2.02. The molecule has 1 aromatic carbocycles. The molecule has 86 valence electrons. The van der Waals surface area contributed by atoms with Crippen LogP contribution in [0.4, 0.5) is 5.69 Å². The molecular formula is C11H12ClNO3. The van der Waals surface area contributed by atoms with Gasteiger partial charge in [0, 0.05) is 29.5 Å². The van der Waals surface area contributed by atoms with Gasteiger partial charge in [-0.1, -0.05) is 18.5 Å². The number of carbonyl (C=O) groups excluding carboxylic acids is 1. The molecule has 0 aromatic heterocycles. The van der Waals surface area contributed by atoms with Gasteiger partial charge in [-0.15, -0.1) is 0 Å². The van der Waals surface area contributed by atoms with Gasteiger partial charge in [0.1, 0.15) is 5.78 Å². The average molecular weight is 242 g/mol. The zero-order valence-corrected chi connectivity index (χ0v) is 9.66. The van der Waals surface area contributed by atoms with Gasteiger partial charge >= 0.3 is 0 Å². The maximum Gasteiger partial charge on any atom is 0.272 e. The normalized spacial score (nSPS) is 10.1. The number of rotatable bonds is 5. The molecule has 0 aliphatic carbocycles. The molecule has 4 nitrogen and oxygen atoms in total. The third-order valence-corrected chi connectivity index (χ3v) is 2.54. The minimum atomic E-state index is -0.456. The molecule has 1 aromatic rings. The van der Waals surface area contributed by atoms with E-state index in [-0.39, 0.29) is 11.5 Å². The maximum absolute atomic E-state index is 11.1. The van der Waals surface area contributed by atoms with Gasteiger partial charge in [-0.2, -0.15) is 0 Å². The number of halogens is 1. The summed E-state index contributed by atoms with van der Waals surface area (Å²) in [5.41, 5.74) is 0.535. The summed E-state index contributed by atoms with van der Waals surface area (Å²) in [4.78, 5) is 21.4. The van der Waals surface area contributed by atoms with E-state index >= 15 is 0 Å². The van der Waals surface area contributed by atoms with Crippen molar-refractivity contribution in [3.05, 3.63) is 38.9 Å². The Morgan fingerprint density at radius 1 is 1.50 bits per heavy atom. The van der Waals surface area contributed by atoms with E-state index in [0.29, 0.717) is 29.8 Å². The third-order valence-electron chi connectivity index (χ3n) is 2.31. The van der Waals surface area contributed by atoms with E-state index in [2.05, 4.69) is 0 Å². The Morgan fingerprint density at radius 2 is 2.19 bits per heavy atom. The number of benzene rings is 1. The van der Waals surface area contributed by atoms with Crippen molar-refractivity contribution < 1.29 is 9.72 Å². The molecule has 0 amide bonds. The lowest BCUT2D eigenvalue weighted by Crippen LogP contribution is -2.01. The van der Waals surface area contributed by atoms with Crippen LogP contribution >= 0.6 is 11.6 Å². The number of nitrogens with zero attached hydrogens (tertiary/aromatic N) is 1. The standard InChI is InChI=1S/C11H12ClNO3/c1-2-10(14)5-3-8-7-9(12)4-6-11(8)13(15)16/h4,6-7H,2-3,5H2,1H3. The predicted molar refractivity (Wildman–Crippen MR) is 61.7 cm³/mol. The Morgan fingerprint density at radius 3 is 2.75 bits per heavy atom. The van der Waals surface area contributed by atoms with Gasteiger partial charge in [-0.25, -0.2) is 0 Å². The van der Waals surface area contributed by atoms with Crippen LogP contribution in [0, 0.1) is 10.1 Å². The van der Waals surface area contributed by atoms with Crippen LogP contribution in [0.5, 0.6) is 0 Å². The molecule has 0 N–H and O–H groups in total. The van der Waals surface area contributed by atoms with Crippen LogP contribution in [-0.4, -0.2) is 10.7 Å². The van der Waals surface area contributed by atoms with Crippen molar-refractivity contribution in [2.75, 3.05) is 0 Å². The van der Waals surface area contributed by atoms with Crippen LogP contribution in [0.15, 0.2) is 18.2 Å². The summed E-state index contributed by atoms with van der Waals surface area (Å²) in [5, 5.41) is 11.2. The Bertz CT molecular complexity index is 418. The molecule has 0 fully saturated rings. The van der Waals surface area contributed by atoms with Gasteiger partial charge in [-0.3, -0.25) is 14.9 Å². The van der Waals surface area contributed by atoms with Gasteiger partial charge < -0.3 is 0 Å². The van der Waals surface area contributed by atoms with Crippen LogP contribution in [0.2, 0.25) is 5.02 Å². The Kier molecular flexibility index (Phi) is 4.43. The molecule has 0 bridgehead atoms. The van der Waals surface area contributed by atoms with Crippen molar-refractivity contribution in [3.8, 4) is 0 Å². The molecule has 16 heavy (non-hydrogen) atoms. The molecule has 0 saturated carbocycles. The van der Waals surface area contributed by atoms with Gasteiger partial charge in [0.2, 0.25) is 0 Å². The Labute approximate surface area is 98.4 Å². The van der Waals surface area contributed by atoms with Crippen molar-refractivity contribution in [1.82, 2.24) is 0 Å². The first-order chi connectivity index (χ1) is 7.54. The zero-order chi connectivity index (χ0) is 12.1. The summed E-state index contributed by atoms with van der Waals surface area (Å²) in [6.07, 6.45) is 1.13. The highest BCUT2D eigenvalue weighted by atomic mass is 35.5. The Hall–Kier alpha value is -1.42. The monoisotopic (exact) mass is 241 g/mol. The van der Waals surface area contributed by atoms with Crippen LogP contribution in [0.1, 0.15) is 25.3 Å². The fraction of sp³-hybridized carbons (Fsp3) is 0.364. The molecule has 0 unspecified atom stereocenters. The summed E-state index contributed by atoms with van der Waals surface area (Å²) in [6.45, 7) is 1.77. The van der Waals surface area contributed by atoms with Crippen molar-refractivity contribution in [2.45, 2.75) is 26.2 Å². The minimum absolute atomic E-state index is 0.0216. The van der Waals surface area contributed by atoms with Crippen LogP contribution in [0.25, 0.3) is 0 Å². The number of Topliss-reactive ketones (excluding diaryl/α,β-unsaturated/α-hetero) is 1. The van der Waals surface area contributed by atoms with E-state index < -0.39 is 4.92 Å². The highest BCUT2D eigenvalue weighted by molar-refractivity contribution is 6.30. The number of aryl methyl sites for hydroxylation is 1. The number of hydrogen-bond donors (Lipinski definition) is 0. The molecule has 5 heteroatoms. The lowest BCUT2D eigenvalue weighted by molar-refractivity contribution is -0.385. The second kappa shape index (κ2) is 5.61. The second-order valence-electron chi connectivity index (χ2n) is 3.42. The van der Waals surface area contributed by atoms with Crippen molar-refractivity contribution in [1.29, 1.82) is 0 Å². The van der Waals surface area contributed by atoms with E-state index in [0.717, 1.165) is 0 Å². The molecular weight excluding hydrogens is 230 g/mol. The van der Waals surface area contributed by atoms with E-state index in [4.69, 9.17) is 11.6 Å². The second-order valence-corrected chi connectivity index (χ2v) is 3.86. The van der Waals surface area contributed by atoms with E-state index in [1.165, 1.54) is 12.1 Å². The number of ketones is 1. The summed E-state index contributed by atoms with van der Waals surface area (Å²) in [6, 6.07) is 4.39. The topological polar surface area (TPSA) is 60.2 Å². The first kappa shape index (κ1) is 12.6. The van der Waals surface area contributed by atoms with E-state index in [1.807, 2.05) is 0 Å². The van der Waals surface area contributed by atoms with Gasteiger partial charge in [-0.05, 0) is 18.6 Å². The van der Waals surface area contributed by atoms with Crippen molar-refractivity contribution in [2.24, 2.45) is 0 Å². The number of hydrogen-bond acceptors (Lipinski definition) is 3. The lowest BCUT2D eigenvalue weighted by atomic mass is 10.0.